The lowest BCUT2D eigenvalue weighted by atomic mass is 9.96. The van der Waals surface area contributed by atoms with Gasteiger partial charge in [-0.3, -0.25) is 9.59 Å². The Kier molecular flexibility index (Phi) is 5.78. The van der Waals surface area contributed by atoms with Crippen LogP contribution in [0.1, 0.15) is 44.1 Å². The second kappa shape index (κ2) is 8.63. The molecule has 2 fully saturated rings. The maximum atomic E-state index is 12.6. The molecule has 8 nitrogen and oxygen atoms in total. The number of urea groups is 1. The summed E-state index contributed by atoms with van der Waals surface area (Å²) >= 11 is 0. The highest BCUT2D eigenvalue weighted by Gasteiger charge is 2.30. The quantitative estimate of drug-likeness (QED) is 0.818. The first-order valence-corrected chi connectivity index (χ1v) is 10.4. The zero-order valence-corrected chi connectivity index (χ0v) is 16.5. The van der Waals surface area contributed by atoms with Crippen molar-refractivity contribution in [1.82, 2.24) is 15.2 Å². The van der Waals surface area contributed by atoms with Gasteiger partial charge in [0.25, 0.3) is 0 Å². The predicted molar refractivity (Wildman–Crippen MR) is 109 cm³/mol. The Balaban J connectivity index is 1.27. The summed E-state index contributed by atoms with van der Waals surface area (Å²) in [6, 6.07) is 7.65. The zero-order chi connectivity index (χ0) is 20.2. The largest absolute Gasteiger partial charge is 0.326 e. The van der Waals surface area contributed by atoms with Crippen LogP contribution >= 0.6 is 0 Å². The van der Waals surface area contributed by atoms with Crippen molar-refractivity contribution in [3.8, 4) is 0 Å². The number of rotatable bonds is 3. The van der Waals surface area contributed by atoms with Crippen LogP contribution in [0.25, 0.3) is 0 Å². The Morgan fingerprint density at radius 3 is 2.24 bits per heavy atom. The number of anilines is 1. The lowest BCUT2D eigenvalue weighted by Crippen LogP contribution is -2.47. The number of nitrogens with zero attached hydrogens (tertiary/aromatic N) is 3. The summed E-state index contributed by atoms with van der Waals surface area (Å²) in [4.78, 5) is 40.1. The maximum absolute atomic E-state index is 12.6. The number of hydrogen-bond acceptors (Lipinski definition) is 4. The molecule has 3 heterocycles. The number of piperidine rings is 1. The highest BCUT2D eigenvalue weighted by atomic mass is 16.2. The van der Waals surface area contributed by atoms with Gasteiger partial charge in [0.05, 0.1) is 5.71 Å². The molecule has 3 aliphatic heterocycles. The van der Waals surface area contributed by atoms with Crippen molar-refractivity contribution in [3.05, 3.63) is 29.8 Å². The van der Waals surface area contributed by atoms with E-state index in [4.69, 9.17) is 0 Å². The van der Waals surface area contributed by atoms with Crippen LogP contribution < -0.4 is 10.7 Å². The minimum absolute atomic E-state index is 0.00768. The minimum Gasteiger partial charge on any atom is -0.326 e. The van der Waals surface area contributed by atoms with E-state index in [1.807, 2.05) is 34.1 Å². The normalized spacial score (nSPS) is 20.3. The Bertz CT molecular complexity index is 806. The first-order valence-electron chi connectivity index (χ1n) is 10.4. The van der Waals surface area contributed by atoms with Crippen molar-refractivity contribution >= 4 is 29.2 Å². The molecule has 4 rings (SSSR count). The summed E-state index contributed by atoms with van der Waals surface area (Å²) in [6.07, 6.45) is 4.62. The number of carbonyl (C=O) groups is 3. The van der Waals surface area contributed by atoms with Crippen LogP contribution in [0.2, 0.25) is 0 Å². The van der Waals surface area contributed by atoms with Gasteiger partial charge >= 0.3 is 6.03 Å². The highest BCUT2D eigenvalue weighted by molar-refractivity contribution is 6.04. The second-order valence-electron chi connectivity index (χ2n) is 7.90. The summed E-state index contributed by atoms with van der Waals surface area (Å²) < 4.78 is 0. The second-order valence-corrected chi connectivity index (χ2v) is 7.90. The van der Waals surface area contributed by atoms with Crippen LogP contribution in [-0.4, -0.2) is 59.5 Å². The van der Waals surface area contributed by atoms with Gasteiger partial charge in [0.15, 0.2) is 0 Å². The van der Waals surface area contributed by atoms with E-state index >= 15 is 0 Å². The van der Waals surface area contributed by atoms with E-state index in [9.17, 15) is 14.4 Å². The lowest BCUT2D eigenvalue weighted by Gasteiger charge is -2.34. The summed E-state index contributed by atoms with van der Waals surface area (Å²) in [5.41, 5.74) is 5.03. The van der Waals surface area contributed by atoms with Crippen molar-refractivity contribution < 1.29 is 14.4 Å². The third-order valence-electron chi connectivity index (χ3n) is 5.90. The molecular weight excluding hydrogens is 370 g/mol. The first-order chi connectivity index (χ1) is 14.1. The summed E-state index contributed by atoms with van der Waals surface area (Å²) in [6.45, 7) is 2.98. The van der Waals surface area contributed by atoms with Crippen molar-refractivity contribution in [2.45, 2.75) is 38.5 Å². The molecule has 0 atom stereocenters. The van der Waals surface area contributed by atoms with Crippen molar-refractivity contribution in [2.75, 3.05) is 31.5 Å². The molecule has 2 N–H and O–H groups in total. The van der Waals surface area contributed by atoms with Gasteiger partial charge in [-0.05, 0) is 43.4 Å². The van der Waals surface area contributed by atoms with Gasteiger partial charge in [-0.15, -0.1) is 0 Å². The number of hydrogen-bond donors (Lipinski definition) is 2. The van der Waals surface area contributed by atoms with E-state index in [2.05, 4.69) is 15.8 Å². The fourth-order valence-electron chi connectivity index (χ4n) is 4.11. The van der Waals surface area contributed by atoms with E-state index in [-0.39, 0.29) is 23.8 Å². The SMILES string of the molecule is O=C1CCC(c2ccc(NC(=O)C3CCN(C(=O)N4CCCC4)CC3)cc2)=NN1. The maximum Gasteiger partial charge on any atom is 0.319 e. The summed E-state index contributed by atoms with van der Waals surface area (Å²) in [5, 5.41) is 7.07. The van der Waals surface area contributed by atoms with Gasteiger partial charge in [-0.1, -0.05) is 12.1 Å². The molecule has 0 aliphatic carbocycles. The molecule has 0 radical (unpaired) electrons. The van der Waals surface area contributed by atoms with Crippen LogP contribution in [-0.2, 0) is 9.59 Å². The lowest BCUT2D eigenvalue weighted by molar-refractivity contribution is -0.122. The minimum atomic E-state index is -0.0739. The molecule has 0 spiro atoms. The molecule has 29 heavy (non-hydrogen) atoms. The van der Waals surface area contributed by atoms with E-state index in [0.29, 0.717) is 38.8 Å². The molecule has 1 aromatic rings. The van der Waals surface area contributed by atoms with Gasteiger partial charge in [0.1, 0.15) is 0 Å². The van der Waals surface area contributed by atoms with E-state index in [1.165, 1.54) is 0 Å². The number of carbonyl (C=O) groups excluding carboxylic acids is 3. The Labute approximate surface area is 170 Å². The number of likely N-dealkylation sites (tertiary alicyclic amines) is 2. The highest BCUT2D eigenvalue weighted by Crippen LogP contribution is 2.22. The fourth-order valence-corrected chi connectivity index (χ4v) is 4.11. The van der Waals surface area contributed by atoms with Crippen molar-refractivity contribution in [3.63, 3.8) is 0 Å². The average Bonchev–Trinajstić information content (AvgIpc) is 3.29. The van der Waals surface area contributed by atoms with Crippen molar-refractivity contribution in [1.29, 1.82) is 0 Å². The van der Waals surface area contributed by atoms with Crippen LogP contribution in [0.3, 0.4) is 0 Å². The topological polar surface area (TPSA) is 94.1 Å². The van der Waals surface area contributed by atoms with E-state index < -0.39 is 0 Å². The van der Waals surface area contributed by atoms with E-state index in [1.54, 1.807) is 0 Å². The number of amides is 4. The standard InChI is InChI=1S/C21H27N5O3/c27-19-8-7-18(23-24-19)15-3-5-17(6-4-15)22-20(28)16-9-13-26(14-10-16)21(29)25-11-1-2-12-25/h3-6,16H,1-2,7-14H2,(H,22,28)(H,24,27). The molecule has 0 unspecified atom stereocenters. The monoisotopic (exact) mass is 397 g/mol. The summed E-state index contributed by atoms with van der Waals surface area (Å²) in [7, 11) is 0. The Morgan fingerprint density at radius 1 is 0.966 bits per heavy atom. The molecule has 2 saturated heterocycles. The van der Waals surface area contributed by atoms with Gasteiger partial charge in [-0.2, -0.15) is 5.10 Å². The Morgan fingerprint density at radius 2 is 1.62 bits per heavy atom. The van der Waals surface area contributed by atoms with Crippen LogP contribution in [0.5, 0.6) is 0 Å². The fraction of sp³-hybridized carbons (Fsp3) is 0.524. The number of nitrogens with one attached hydrogen (secondary N) is 2. The first kappa shape index (κ1) is 19.4. The molecule has 4 amide bonds. The molecule has 0 bridgehead atoms. The summed E-state index contributed by atoms with van der Waals surface area (Å²) in [5.74, 6) is -0.130. The predicted octanol–water partition coefficient (Wildman–Crippen LogP) is 2.17. The third kappa shape index (κ3) is 4.58. The van der Waals surface area contributed by atoms with Gasteiger partial charge in [0, 0.05) is 50.6 Å². The average molecular weight is 397 g/mol. The number of benzene rings is 1. The van der Waals surface area contributed by atoms with Crippen LogP contribution in [0.15, 0.2) is 29.4 Å². The molecule has 8 heteroatoms. The van der Waals surface area contributed by atoms with Crippen LogP contribution in [0, 0.1) is 5.92 Å². The van der Waals surface area contributed by atoms with Crippen LogP contribution in [0.4, 0.5) is 10.5 Å². The molecule has 154 valence electrons. The molecule has 0 saturated carbocycles. The smallest absolute Gasteiger partial charge is 0.319 e. The molecule has 1 aromatic carbocycles. The number of hydrazone groups is 1. The Hall–Kier alpha value is -2.90. The molecule has 3 aliphatic rings. The van der Waals surface area contributed by atoms with Crippen molar-refractivity contribution in [2.24, 2.45) is 11.0 Å². The molecule has 0 aromatic heterocycles. The van der Waals surface area contributed by atoms with Gasteiger partial charge in [-0.25, -0.2) is 10.2 Å². The zero-order valence-electron chi connectivity index (χ0n) is 16.5. The van der Waals surface area contributed by atoms with Gasteiger partial charge < -0.3 is 15.1 Å². The van der Waals surface area contributed by atoms with Gasteiger partial charge in [0.2, 0.25) is 11.8 Å². The van der Waals surface area contributed by atoms with E-state index in [0.717, 1.165) is 42.9 Å². The molecular formula is C21H27N5O3. The third-order valence-corrected chi connectivity index (χ3v) is 5.90.